The van der Waals surface area contributed by atoms with Crippen LogP contribution in [0.1, 0.15) is 10.6 Å². The first-order valence-corrected chi connectivity index (χ1v) is 5.76. The Hall–Kier alpha value is -1.48. The van der Waals surface area contributed by atoms with Gasteiger partial charge in [-0.15, -0.1) is 11.3 Å². The maximum absolute atomic E-state index is 7.50. The zero-order valence-electron chi connectivity index (χ0n) is 8.31. The second-order valence-corrected chi connectivity index (χ2v) is 4.32. The number of hydrogen-bond acceptors (Lipinski definition) is 3. The molecular weight excluding hydrogens is 204 g/mol. The molecule has 2 nitrogen and oxygen atoms in total. The number of hydrogen-bond donors (Lipinski definition) is 1. The van der Waals surface area contributed by atoms with Crippen LogP contribution in [0, 0.1) is 5.41 Å². The molecule has 2 heterocycles. The maximum atomic E-state index is 7.50. The van der Waals surface area contributed by atoms with E-state index >= 15 is 0 Å². The van der Waals surface area contributed by atoms with Crippen LogP contribution < -0.4 is 5.49 Å². The molecule has 2 aromatic heterocycles. The van der Waals surface area contributed by atoms with Gasteiger partial charge in [0.2, 0.25) is 0 Å². The quantitative estimate of drug-likeness (QED) is 0.840. The first kappa shape index (κ1) is 10.1. The van der Waals surface area contributed by atoms with Gasteiger partial charge in [0.1, 0.15) is 5.49 Å². The molecule has 15 heavy (non-hydrogen) atoms. The standard InChI is InChI=1S/C12H12N2S/c13-12-6-2-1-4-10(14-12)7-8-11-5-3-9-15-11/h1-6,9,13H,7-8H2. The Labute approximate surface area is 92.8 Å². The van der Waals surface area contributed by atoms with Gasteiger partial charge in [-0.3, -0.25) is 5.41 Å². The molecule has 0 unspecified atom stereocenters. The van der Waals surface area contributed by atoms with Crippen molar-refractivity contribution in [2.24, 2.45) is 0 Å². The highest BCUT2D eigenvalue weighted by Crippen LogP contribution is 2.10. The Morgan fingerprint density at radius 1 is 1.07 bits per heavy atom. The van der Waals surface area contributed by atoms with Gasteiger partial charge < -0.3 is 0 Å². The van der Waals surface area contributed by atoms with Gasteiger partial charge in [0.25, 0.3) is 0 Å². The fourth-order valence-electron chi connectivity index (χ4n) is 1.39. The summed E-state index contributed by atoms with van der Waals surface area (Å²) in [6, 6.07) is 11.7. The van der Waals surface area contributed by atoms with Crippen molar-refractivity contribution >= 4 is 11.3 Å². The lowest BCUT2D eigenvalue weighted by Gasteiger charge is -1.94. The van der Waals surface area contributed by atoms with E-state index in [1.54, 1.807) is 17.4 Å². The average molecular weight is 216 g/mol. The van der Waals surface area contributed by atoms with Gasteiger partial charge in [-0.1, -0.05) is 18.2 Å². The van der Waals surface area contributed by atoms with Gasteiger partial charge in [0.05, 0.1) is 0 Å². The molecule has 0 aliphatic heterocycles. The fraction of sp³-hybridized carbons (Fsp3) is 0.167. The molecule has 0 aliphatic carbocycles. The highest BCUT2D eigenvalue weighted by Gasteiger charge is 1.96. The second-order valence-electron chi connectivity index (χ2n) is 3.29. The molecule has 2 aromatic rings. The largest absolute Gasteiger partial charge is 0.283 e. The Morgan fingerprint density at radius 3 is 2.73 bits per heavy atom. The van der Waals surface area contributed by atoms with E-state index in [0.717, 1.165) is 18.5 Å². The van der Waals surface area contributed by atoms with Crippen LogP contribution in [-0.4, -0.2) is 4.98 Å². The summed E-state index contributed by atoms with van der Waals surface area (Å²) in [5, 5.41) is 9.59. The smallest absolute Gasteiger partial charge is 0.144 e. The van der Waals surface area contributed by atoms with E-state index in [2.05, 4.69) is 22.5 Å². The molecule has 0 saturated heterocycles. The van der Waals surface area contributed by atoms with Crippen LogP contribution >= 0.6 is 11.3 Å². The molecule has 0 fully saturated rings. The lowest BCUT2D eigenvalue weighted by Crippen LogP contribution is -2.03. The summed E-state index contributed by atoms with van der Waals surface area (Å²) < 4.78 is 0. The van der Waals surface area contributed by atoms with Gasteiger partial charge in [0, 0.05) is 10.6 Å². The summed E-state index contributed by atoms with van der Waals surface area (Å²) in [6.07, 6.45) is 1.91. The molecule has 2 rings (SSSR count). The number of rotatable bonds is 3. The third-order valence-corrected chi connectivity index (χ3v) is 3.06. The predicted octanol–water partition coefficient (Wildman–Crippen LogP) is 2.41. The number of aromatic nitrogens is 1. The first-order valence-electron chi connectivity index (χ1n) is 4.88. The van der Waals surface area contributed by atoms with Gasteiger partial charge in [0.15, 0.2) is 0 Å². The number of nitrogens with zero attached hydrogens (tertiary/aromatic N) is 1. The van der Waals surface area contributed by atoms with E-state index in [4.69, 9.17) is 5.41 Å². The van der Waals surface area contributed by atoms with Crippen LogP contribution in [0.2, 0.25) is 0 Å². The molecule has 0 bridgehead atoms. The molecule has 0 radical (unpaired) electrons. The second kappa shape index (κ2) is 4.84. The van der Waals surface area contributed by atoms with Crippen LogP contribution in [0.5, 0.6) is 0 Å². The van der Waals surface area contributed by atoms with E-state index in [0.29, 0.717) is 5.49 Å². The van der Waals surface area contributed by atoms with Gasteiger partial charge in [-0.2, -0.15) is 0 Å². The van der Waals surface area contributed by atoms with Crippen LogP contribution in [-0.2, 0) is 12.8 Å². The summed E-state index contributed by atoms with van der Waals surface area (Å²) in [4.78, 5) is 5.58. The van der Waals surface area contributed by atoms with Crippen LogP contribution in [0.3, 0.4) is 0 Å². The minimum absolute atomic E-state index is 0.334. The molecular formula is C12H12N2S. The Kier molecular flexibility index (Phi) is 3.25. The third kappa shape index (κ3) is 2.99. The van der Waals surface area contributed by atoms with E-state index in [1.807, 2.05) is 18.2 Å². The molecule has 1 N–H and O–H groups in total. The van der Waals surface area contributed by atoms with E-state index in [-0.39, 0.29) is 0 Å². The van der Waals surface area contributed by atoms with Crippen LogP contribution in [0.25, 0.3) is 0 Å². The molecule has 0 atom stereocenters. The summed E-state index contributed by atoms with van der Waals surface area (Å²) in [6.45, 7) is 0. The molecule has 0 aliphatic rings. The fourth-order valence-corrected chi connectivity index (χ4v) is 2.10. The first-order chi connectivity index (χ1) is 7.34. The molecule has 0 amide bonds. The van der Waals surface area contributed by atoms with Gasteiger partial charge in [-0.05, 0) is 36.4 Å². The highest BCUT2D eigenvalue weighted by atomic mass is 32.1. The minimum Gasteiger partial charge on any atom is -0.283 e. The van der Waals surface area contributed by atoms with Crippen LogP contribution in [0.4, 0.5) is 0 Å². The molecule has 76 valence electrons. The van der Waals surface area contributed by atoms with E-state index in [9.17, 15) is 0 Å². The van der Waals surface area contributed by atoms with Crippen molar-refractivity contribution in [3.8, 4) is 0 Å². The summed E-state index contributed by atoms with van der Waals surface area (Å²) in [7, 11) is 0. The molecule has 0 aromatic carbocycles. The van der Waals surface area contributed by atoms with E-state index < -0.39 is 0 Å². The van der Waals surface area contributed by atoms with Crippen molar-refractivity contribution in [3.63, 3.8) is 0 Å². The minimum atomic E-state index is 0.334. The van der Waals surface area contributed by atoms with Crippen molar-refractivity contribution in [1.29, 1.82) is 5.41 Å². The summed E-state index contributed by atoms with van der Waals surface area (Å²) >= 11 is 1.77. The van der Waals surface area contributed by atoms with E-state index in [1.165, 1.54) is 4.88 Å². The number of thiophene rings is 1. The molecule has 0 saturated carbocycles. The zero-order valence-corrected chi connectivity index (χ0v) is 9.13. The number of aryl methyl sites for hydroxylation is 2. The van der Waals surface area contributed by atoms with Crippen molar-refractivity contribution < 1.29 is 0 Å². The molecule has 3 heteroatoms. The third-order valence-electron chi connectivity index (χ3n) is 2.13. The van der Waals surface area contributed by atoms with Gasteiger partial charge >= 0.3 is 0 Å². The molecule has 0 spiro atoms. The predicted molar refractivity (Wildman–Crippen MR) is 61.8 cm³/mol. The van der Waals surface area contributed by atoms with Gasteiger partial charge in [-0.25, -0.2) is 4.98 Å². The van der Waals surface area contributed by atoms with Crippen molar-refractivity contribution in [2.45, 2.75) is 12.8 Å². The van der Waals surface area contributed by atoms with Crippen molar-refractivity contribution in [2.75, 3.05) is 0 Å². The van der Waals surface area contributed by atoms with Crippen molar-refractivity contribution in [3.05, 3.63) is 57.8 Å². The highest BCUT2D eigenvalue weighted by molar-refractivity contribution is 7.09. The summed E-state index contributed by atoms with van der Waals surface area (Å²) in [5.74, 6) is 0. The maximum Gasteiger partial charge on any atom is 0.144 e. The van der Waals surface area contributed by atoms with Crippen LogP contribution in [0.15, 0.2) is 41.8 Å². The Bertz CT molecular complexity index is 477. The lowest BCUT2D eigenvalue weighted by molar-refractivity contribution is 0.910. The SMILES string of the molecule is N=c1ccccc(CCc2cccs2)n1. The average Bonchev–Trinajstić information content (AvgIpc) is 2.65. The topological polar surface area (TPSA) is 36.7 Å². The Morgan fingerprint density at radius 2 is 1.93 bits per heavy atom. The lowest BCUT2D eigenvalue weighted by atomic mass is 10.2. The normalized spacial score (nSPS) is 10.1. The van der Waals surface area contributed by atoms with Crippen molar-refractivity contribution in [1.82, 2.24) is 4.98 Å². The monoisotopic (exact) mass is 216 g/mol. The Balaban J connectivity index is 2.09. The summed E-state index contributed by atoms with van der Waals surface area (Å²) in [5.41, 5.74) is 1.32. The number of nitrogens with one attached hydrogen (secondary N) is 1. The zero-order chi connectivity index (χ0) is 10.5.